The summed E-state index contributed by atoms with van der Waals surface area (Å²) in [6, 6.07) is 0.335. The summed E-state index contributed by atoms with van der Waals surface area (Å²) in [7, 11) is 0. The second-order valence-corrected chi connectivity index (χ2v) is 3.68. The number of aromatic amines is 1. The molecule has 0 aliphatic heterocycles. The molecule has 5 heteroatoms. The molecule has 76 valence electrons. The molecule has 1 aromatic rings. The SMILES string of the molecule is CCC1CC1NC(=O)c1cn[nH]c1N. The van der Waals surface area contributed by atoms with Crippen LogP contribution in [-0.4, -0.2) is 22.1 Å². The lowest BCUT2D eigenvalue weighted by molar-refractivity contribution is 0.0950. The second kappa shape index (κ2) is 3.32. The molecule has 1 amide bonds. The Morgan fingerprint density at radius 3 is 3.14 bits per heavy atom. The van der Waals surface area contributed by atoms with Gasteiger partial charge >= 0.3 is 0 Å². The molecule has 4 N–H and O–H groups in total. The van der Waals surface area contributed by atoms with Crippen molar-refractivity contribution < 1.29 is 4.79 Å². The van der Waals surface area contributed by atoms with Crippen molar-refractivity contribution in [3.05, 3.63) is 11.8 Å². The minimum absolute atomic E-state index is 0.128. The molecule has 2 atom stereocenters. The van der Waals surface area contributed by atoms with E-state index in [1.807, 2.05) is 0 Å². The fraction of sp³-hybridized carbons (Fsp3) is 0.556. The van der Waals surface area contributed by atoms with Crippen LogP contribution in [0.15, 0.2) is 6.20 Å². The molecule has 14 heavy (non-hydrogen) atoms. The topological polar surface area (TPSA) is 83.8 Å². The van der Waals surface area contributed by atoms with E-state index in [0.29, 0.717) is 23.3 Å². The minimum atomic E-state index is -0.128. The molecule has 1 fully saturated rings. The van der Waals surface area contributed by atoms with Gasteiger partial charge in [0.15, 0.2) is 0 Å². The van der Waals surface area contributed by atoms with Crippen LogP contribution in [0.25, 0.3) is 0 Å². The van der Waals surface area contributed by atoms with Crippen molar-refractivity contribution in [2.45, 2.75) is 25.8 Å². The van der Waals surface area contributed by atoms with Gasteiger partial charge in [-0.3, -0.25) is 9.89 Å². The summed E-state index contributed by atoms with van der Waals surface area (Å²) in [5, 5.41) is 9.15. The molecule has 0 radical (unpaired) electrons. The number of rotatable bonds is 3. The van der Waals surface area contributed by atoms with E-state index in [4.69, 9.17) is 5.73 Å². The summed E-state index contributed by atoms with van der Waals surface area (Å²) >= 11 is 0. The van der Waals surface area contributed by atoms with Crippen LogP contribution in [0, 0.1) is 5.92 Å². The predicted octanol–water partition coefficient (Wildman–Crippen LogP) is 0.520. The Bertz CT molecular complexity index is 346. The summed E-state index contributed by atoms with van der Waals surface area (Å²) in [5.41, 5.74) is 5.96. The Morgan fingerprint density at radius 1 is 1.86 bits per heavy atom. The Balaban J connectivity index is 1.94. The first kappa shape index (κ1) is 9.05. The lowest BCUT2D eigenvalue weighted by Gasteiger charge is -2.01. The van der Waals surface area contributed by atoms with Crippen molar-refractivity contribution in [1.82, 2.24) is 15.5 Å². The maximum Gasteiger partial charge on any atom is 0.256 e. The number of carbonyl (C=O) groups excluding carboxylic acids is 1. The normalized spacial score (nSPS) is 24.6. The highest BCUT2D eigenvalue weighted by molar-refractivity contribution is 5.98. The fourth-order valence-electron chi connectivity index (χ4n) is 1.60. The Labute approximate surface area is 82.1 Å². The van der Waals surface area contributed by atoms with Crippen LogP contribution in [0.5, 0.6) is 0 Å². The van der Waals surface area contributed by atoms with E-state index in [1.165, 1.54) is 6.20 Å². The van der Waals surface area contributed by atoms with E-state index < -0.39 is 0 Å². The van der Waals surface area contributed by atoms with E-state index in [0.717, 1.165) is 12.8 Å². The highest BCUT2D eigenvalue weighted by Crippen LogP contribution is 2.33. The summed E-state index contributed by atoms with van der Waals surface area (Å²) in [4.78, 5) is 11.6. The first-order valence-electron chi connectivity index (χ1n) is 4.82. The third-order valence-electron chi connectivity index (χ3n) is 2.68. The minimum Gasteiger partial charge on any atom is -0.383 e. The molecule has 0 spiro atoms. The first-order valence-corrected chi connectivity index (χ1v) is 4.82. The lowest BCUT2D eigenvalue weighted by atomic mass is 10.3. The first-order chi connectivity index (χ1) is 6.72. The average Bonchev–Trinajstić information content (AvgIpc) is 2.77. The largest absolute Gasteiger partial charge is 0.383 e. The van der Waals surface area contributed by atoms with E-state index >= 15 is 0 Å². The molecular formula is C9H14N4O. The molecule has 1 aliphatic rings. The molecule has 1 aromatic heterocycles. The van der Waals surface area contributed by atoms with Crippen LogP contribution >= 0.6 is 0 Å². The number of H-pyrrole nitrogens is 1. The van der Waals surface area contributed by atoms with Crippen molar-refractivity contribution in [3.63, 3.8) is 0 Å². The number of hydrogen-bond acceptors (Lipinski definition) is 3. The molecule has 2 unspecified atom stereocenters. The molecule has 1 heterocycles. The molecule has 5 nitrogen and oxygen atoms in total. The Kier molecular flexibility index (Phi) is 2.15. The monoisotopic (exact) mass is 194 g/mol. The third-order valence-corrected chi connectivity index (χ3v) is 2.68. The zero-order chi connectivity index (χ0) is 10.1. The molecular weight excluding hydrogens is 180 g/mol. The predicted molar refractivity (Wildman–Crippen MR) is 52.7 cm³/mol. The van der Waals surface area contributed by atoms with Gasteiger partial charge in [0.05, 0.1) is 6.20 Å². The Morgan fingerprint density at radius 2 is 2.64 bits per heavy atom. The smallest absolute Gasteiger partial charge is 0.256 e. The van der Waals surface area contributed by atoms with Crippen LogP contribution in [0.1, 0.15) is 30.1 Å². The van der Waals surface area contributed by atoms with Crippen LogP contribution in [0.4, 0.5) is 5.82 Å². The summed E-state index contributed by atoms with van der Waals surface area (Å²) in [6.45, 7) is 2.13. The van der Waals surface area contributed by atoms with Gasteiger partial charge in [-0.1, -0.05) is 13.3 Å². The van der Waals surface area contributed by atoms with Crippen molar-refractivity contribution >= 4 is 11.7 Å². The number of anilines is 1. The standard InChI is InChI=1S/C9H14N4O/c1-2-5-3-7(5)12-9(14)6-4-11-13-8(6)10/h4-5,7H,2-3H2,1H3,(H,12,14)(H3,10,11,13). The van der Waals surface area contributed by atoms with Gasteiger partial charge in [0.25, 0.3) is 5.91 Å². The number of amides is 1. The van der Waals surface area contributed by atoms with E-state index in [9.17, 15) is 4.79 Å². The number of hydrogen-bond donors (Lipinski definition) is 3. The van der Waals surface area contributed by atoms with Crippen molar-refractivity contribution in [2.75, 3.05) is 5.73 Å². The van der Waals surface area contributed by atoms with Crippen LogP contribution in [0.3, 0.4) is 0 Å². The molecule has 1 saturated carbocycles. The highest BCUT2D eigenvalue weighted by Gasteiger charge is 2.36. The van der Waals surface area contributed by atoms with Gasteiger partial charge in [-0.25, -0.2) is 0 Å². The maximum absolute atomic E-state index is 11.6. The zero-order valence-electron chi connectivity index (χ0n) is 8.08. The van der Waals surface area contributed by atoms with Gasteiger partial charge in [-0.05, 0) is 12.3 Å². The van der Waals surface area contributed by atoms with Gasteiger partial charge < -0.3 is 11.1 Å². The maximum atomic E-state index is 11.6. The van der Waals surface area contributed by atoms with E-state index in [-0.39, 0.29) is 5.91 Å². The van der Waals surface area contributed by atoms with Crippen LogP contribution < -0.4 is 11.1 Å². The van der Waals surface area contributed by atoms with Gasteiger partial charge in [0.2, 0.25) is 0 Å². The molecule has 0 saturated heterocycles. The van der Waals surface area contributed by atoms with Gasteiger partial charge in [0.1, 0.15) is 11.4 Å². The van der Waals surface area contributed by atoms with E-state index in [2.05, 4.69) is 22.4 Å². The molecule has 0 aromatic carbocycles. The molecule has 2 rings (SSSR count). The quantitative estimate of drug-likeness (QED) is 0.656. The number of aromatic nitrogens is 2. The Hall–Kier alpha value is -1.52. The number of nitrogens with two attached hydrogens (primary N) is 1. The van der Waals surface area contributed by atoms with Gasteiger partial charge in [-0.2, -0.15) is 5.10 Å². The van der Waals surface area contributed by atoms with Crippen molar-refractivity contribution in [1.29, 1.82) is 0 Å². The van der Waals surface area contributed by atoms with Gasteiger partial charge in [-0.15, -0.1) is 0 Å². The fourth-order valence-corrected chi connectivity index (χ4v) is 1.60. The van der Waals surface area contributed by atoms with Crippen LogP contribution in [-0.2, 0) is 0 Å². The highest BCUT2D eigenvalue weighted by atomic mass is 16.1. The molecule has 1 aliphatic carbocycles. The van der Waals surface area contributed by atoms with Crippen molar-refractivity contribution in [3.8, 4) is 0 Å². The second-order valence-electron chi connectivity index (χ2n) is 3.68. The number of carbonyl (C=O) groups is 1. The zero-order valence-corrected chi connectivity index (χ0v) is 8.08. The summed E-state index contributed by atoms with van der Waals surface area (Å²) < 4.78 is 0. The average molecular weight is 194 g/mol. The summed E-state index contributed by atoms with van der Waals surface area (Å²) in [6.07, 6.45) is 3.65. The molecule has 0 bridgehead atoms. The number of nitrogens with zero attached hydrogens (tertiary/aromatic N) is 1. The van der Waals surface area contributed by atoms with Gasteiger partial charge in [0, 0.05) is 6.04 Å². The lowest BCUT2D eigenvalue weighted by Crippen LogP contribution is -2.27. The number of nitrogen functional groups attached to an aromatic ring is 1. The van der Waals surface area contributed by atoms with Crippen LogP contribution in [0.2, 0.25) is 0 Å². The summed E-state index contributed by atoms with van der Waals surface area (Å²) in [5.74, 6) is 0.848. The van der Waals surface area contributed by atoms with Crippen molar-refractivity contribution in [2.24, 2.45) is 5.92 Å². The third kappa shape index (κ3) is 1.57. The van der Waals surface area contributed by atoms with E-state index in [1.54, 1.807) is 0 Å². The number of nitrogens with one attached hydrogen (secondary N) is 2.